The molecule has 418 valence electrons. The zero-order chi connectivity index (χ0) is 56.3. The van der Waals surface area contributed by atoms with E-state index in [1.807, 2.05) is 0 Å². The molecule has 4 unspecified atom stereocenters. The van der Waals surface area contributed by atoms with Crippen molar-refractivity contribution in [3.8, 4) is 5.75 Å². The molecule has 0 spiro atoms. The van der Waals surface area contributed by atoms with E-state index in [9.17, 15) is 53.7 Å². The third-order valence-corrected chi connectivity index (χ3v) is 11.5. The number of anilines is 1. The molecule has 2 aromatic heterocycles. The lowest BCUT2D eigenvalue weighted by molar-refractivity contribution is -0.143. The molecule has 8 atom stereocenters. The number of amides is 7. The van der Waals surface area contributed by atoms with Gasteiger partial charge >= 0.3 is 12.1 Å². The van der Waals surface area contributed by atoms with Crippen molar-refractivity contribution in [2.75, 3.05) is 52.3 Å². The van der Waals surface area contributed by atoms with Gasteiger partial charge in [-0.05, 0) is 70.6 Å². The van der Waals surface area contributed by atoms with Crippen molar-refractivity contribution in [1.82, 2.24) is 56.7 Å². The van der Waals surface area contributed by atoms with E-state index in [1.54, 1.807) is 64.0 Å². The number of ether oxygens (including phenoxy) is 3. The average molecular weight is 1070 g/mol. The minimum atomic E-state index is -1.87. The van der Waals surface area contributed by atoms with Gasteiger partial charge in [-0.2, -0.15) is 0 Å². The lowest BCUT2D eigenvalue weighted by atomic mass is 10.0. The zero-order valence-corrected chi connectivity index (χ0v) is 43.5. The van der Waals surface area contributed by atoms with Gasteiger partial charge in [0.15, 0.2) is 29.2 Å². The highest BCUT2D eigenvalue weighted by Gasteiger charge is 2.46. The number of hydrogen-bond donors (Lipinski definition) is 12. The van der Waals surface area contributed by atoms with Crippen LogP contribution < -0.4 is 58.3 Å². The maximum absolute atomic E-state index is 14.4. The summed E-state index contributed by atoms with van der Waals surface area (Å²) in [6.07, 6.45) is -2.36. The van der Waals surface area contributed by atoms with E-state index in [-0.39, 0.29) is 57.1 Å². The normalized spacial score (nSPS) is 17.6. The van der Waals surface area contributed by atoms with Gasteiger partial charge in [-0.3, -0.25) is 38.3 Å². The van der Waals surface area contributed by atoms with Gasteiger partial charge < -0.3 is 83.1 Å². The van der Waals surface area contributed by atoms with Crippen LogP contribution in [0.4, 0.5) is 10.6 Å². The minimum Gasteiger partial charge on any atom is -0.497 e. The van der Waals surface area contributed by atoms with Crippen molar-refractivity contribution in [2.24, 2.45) is 16.5 Å². The number of carbonyl (C=O) groups is 8. The second kappa shape index (κ2) is 28.7. The number of hydrogen-bond acceptors (Lipinski definition) is 18. The Bertz CT molecular complexity index is 2520. The van der Waals surface area contributed by atoms with Crippen LogP contribution in [0.25, 0.3) is 11.2 Å². The number of aliphatic carboxylic acids is 1. The highest BCUT2D eigenvalue weighted by atomic mass is 16.6. The van der Waals surface area contributed by atoms with Gasteiger partial charge in [0.1, 0.15) is 54.1 Å². The third-order valence-electron chi connectivity index (χ3n) is 11.5. The molecule has 0 radical (unpaired) electrons. The smallest absolute Gasteiger partial charge is 0.408 e. The largest absolute Gasteiger partial charge is 0.497 e. The second-order valence-electron chi connectivity index (χ2n) is 18.9. The summed E-state index contributed by atoms with van der Waals surface area (Å²) in [6, 6.07) is -0.586. The molecule has 14 N–H and O–H groups in total. The molecule has 1 saturated heterocycles. The Labute approximate surface area is 438 Å². The molecule has 3 heterocycles. The van der Waals surface area contributed by atoms with E-state index in [4.69, 9.17) is 25.7 Å². The molecule has 1 fully saturated rings. The summed E-state index contributed by atoms with van der Waals surface area (Å²) in [7, 11) is 5.00. The summed E-state index contributed by atoms with van der Waals surface area (Å²) in [5.74, 6) is -5.69. The lowest BCUT2D eigenvalue weighted by Gasteiger charge is -2.27. The summed E-state index contributed by atoms with van der Waals surface area (Å²) in [4.78, 5) is 124. The van der Waals surface area contributed by atoms with E-state index < -0.39 is 115 Å². The van der Waals surface area contributed by atoms with Crippen LogP contribution in [0.2, 0.25) is 0 Å². The Morgan fingerprint density at radius 2 is 1.53 bits per heavy atom. The summed E-state index contributed by atoms with van der Waals surface area (Å²) < 4.78 is 18.0. The number of carboxylic acids is 1. The average Bonchev–Trinajstić information content (AvgIpc) is 3.92. The van der Waals surface area contributed by atoms with Gasteiger partial charge in [0.2, 0.25) is 35.4 Å². The summed E-state index contributed by atoms with van der Waals surface area (Å²) >= 11 is 0. The van der Waals surface area contributed by atoms with Crippen molar-refractivity contribution >= 4 is 70.4 Å². The number of methoxy groups -OCH3 is 1. The lowest BCUT2D eigenvalue weighted by Crippen LogP contribution is -2.58. The molecule has 29 nitrogen and oxygen atoms in total. The van der Waals surface area contributed by atoms with Gasteiger partial charge in [0, 0.05) is 40.5 Å². The number of guanidine groups is 1. The third kappa shape index (κ3) is 18.8. The molecule has 1 aliphatic heterocycles. The summed E-state index contributed by atoms with van der Waals surface area (Å²) in [5, 5.41) is 49.6. The zero-order valence-electron chi connectivity index (χ0n) is 43.5. The SMILES string of the molecule is COc1ccc(CC(NC(=O)C(CCCCNC(C)=O)NC(=O)CC(NC(=O)CNC(=O)C(CCCN=C(N)N)NC(=O)OC(C)(C)C)C(=O)O)C(=O)N[C@H]2[C@@H](O)[C@H](n3cnc4c(N(C)C)ncnc43)O[C@@H]2CO)cc1. The van der Waals surface area contributed by atoms with Crippen LogP contribution in [-0.4, -0.2) is 184 Å². The van der Waals surface area contributed by atoms with Crippen molar-refractivity contribution < 1.29 is 67.9 Å². The molecule has 0 bridgehead atoms. The van der Waals surface area contributed by atoms with E-state index in [0.29, 0.717) is 34.7 Å². The minimum absolute atomic E-state index is 0.0129. The predicted molar refractivity (Wildman–Crippen MR) is 272 cm³/mol. The van der Waals surface area contributed by atoms with Crippen molar-refractivity contribution in [2.45, 2.75) is 127 Å². The number of aliphatic imine (C=N–C) groups is 1. The predicted octanol–water partition coefficient (Wildman–Crippen LogP) is -2.82. The Kier molecular flexibility index (Phi) is 22.9. The van der Waals surface area contributed by atoms with Crippen LogP contribution >= 0.6 is 0 Å². The maximum Gasteiger partial charge on any atom is 0.408 e. The van der Waals surface area contributed by atoms with Crippen LogP contribution in [0.3, 0.4) is 0 Å². The monoisotopic (exact) mass is 1070 g/mol. The first-order chi connectivity index (χ1) is 35.9. The van der Waals surface area contributed by atoms with E-state index >= 15 is 0 Å². The van der Waals surface area contributed by atoms with Crippen LogP contribution in [0.1, 0.15) is 78.0 Å². The first-order valence-electron chi connectivity index (χ1n) is 24.3. The number of unbranched alkanes of at least 4 members (excludes halogenated alkanes) is 1. The van der Waals surface area contributed by atoms with Crippen LogP contribution in [0.15, 0.2) is 41.9 Å². The number of aliphatic hydroxyl groups is 2. The summed E-state index contributed by atoms with van der Waals surface area (Å²) in [6.45, 7) is 5.08. The van der Waals surface area contributed by atoms with Gasteiger partial charge in [0.25, 0.3) is 0 Å². The first kappa shape index (κ1) is 60.6. The Hall–Kier alpha value is -7.92. The quantitative estimate of drug-likeness (QED) is 0.0198. The highest BCUT2D eigenvalue weighted by molar-refractivity contribution is 5.95. The Morgan fingerprint density at radius 3 is 2.14 bits per heavy atom. The van der Waals surface area contributed by atoms with Crippen LogP contribution in [0.5, 0.6) is 5.75 Å². The van der Waals surface area contributed by atoms with Crippen molar-refractivity contribution in [1.29, 1.82) is 0 Å². The number of alkyl carbamates (subject to hydrolysis) is 1. The van der Waals surface area contributed by atoms with E-state index in [2.05, 4.69) is 57.2 Å². The second-order valence-corrected chi connectivity index (χ2v) is 18.9. The van der Waals surface area contributed by atoms with E-state index in [1.165, 1.54) is 31.3 Å². The van der Waals surface area contributed by atoms with Crippen molar-refractivity contribution in [3.63, 3.8) is 0 Å². The number of nitrogens with two attached hydrogens (primary N) is 2. The number of aliphatic hydroxyl groups excluding tert-OH is 2. The molecular formula is C47H71N15O14. The maximum atomic E-state index is 14.4. The topological polar surface area (TPSA) is 420 Å². The van der Waals surface area contributed by atoms with Gasteiger partial charge in [-0.15, -0.1) is 0 Å². The Balaban J connectivity index is 1.51. The molecule has 1 aliphatic rings. The molecule has 4 rings (SSSR count). The number of fused-ring (bicyclic) bond motifs is 1. The van der Waals surface area contributed by atoms with Crippen molar-refractivity contribution in [3.05, 3.63) is 42.5 Å². The van der Waals surface area contributed by atoms with Crippen LogP contribution in [0, 0.1) is 0 Å². The highest BCUT2D eigenvalue weighted by Crippen LogP contribution is 2.33. The molecule has 76 heavy (non-hydrogen) atoms. The number of benzene rings is 1. The number of carboxylic acid groups (broad SMARTS) is 1. The molecular weight excluding hydrogens is 999 g/mol. The number of nitrogens with one attached hydrogen (secondary N) is 7. The molecule has 0 aliphatic carbocycles. The fraction of sp³-hybridized carbons (Fsp3) is 0.574. The molecule has 7 amide bonds. The molecule has 3 aromatic rings. The number of aromatic nitrogens is 4. The van der Waals surface area contributed by atoms with Gasteiger partial charge in [-0.1, -0.05) is 12.1 Å². The first-order valence-corrected chi connectivity index (χ1v) is 24.3. The fourth-order valence-electron chi connectivity index (χ4n) is 7.81. The Morgan fingerprint density at radius 1 is 0.855 bits per heavy atom. The number of carbonyl (C=O) groups excluding carboxylic acids is 7. The van der Waals surface area contributed by atoms with Gasteiger partial charge in [-0.25, -0.2) is 24.5 Å². The van der Waals surface area contributed by atoms with Gasteiger partial charge in [0.05, 0.1) is 39.1 Å². The number of imidazole rings is 1. The van der Waals surface area contributed by atoms with E-state index in [0.717, 1.165) is 0 Å². The molecule has 0 saturated carbocycles. The molecule has 1 aromatic carbocycles. The fourth-order valence-corrected chi connectivity index (χ4v) is 7.81. The molecule has 29 heteroatoms. The summed E-state index contributed by atoms with van der Waals surface area (Å²) in [5.41, 5.74) is 11.1. The standard InChI is InChI=1S/C47H71N15O14/c1-25(64)50-17-9-8-11-29(56-33(65)20-31(44(71)72)57-34(66)21-52-40(68)28(12-10-18-51-45(48)49)59-46(73)76-47(2,3)4)41(69)58-30(19-26-13-15-27(74-7)16-14-26)42(70)60-35-32(22-63)75-43(37(35)67)62-24-55-36-38(61(5)6)53-23-54-39(36)62/h13-16,23-24,28-32,35,37,43,63,67H,8-12,17-22H2,1-7H3,(H,50,64)(H,52,68)(H,56,65)(H,57,66)(H,58,69)(H,59,73)(H,60,70)(H,71,72)(H4,48,49,51)/t28?,29?,30?,31?,32-,35-,37-,43-/m1/s1. The van der Waals surface area contributed by atoms with Crippen LogP contribution in [-0.2, 0) is 49.5 Å². The number of nitrogens with zero attached hydrogens (tertiary/aromatic N) is 6. The number of rotatable bonds is 28.